The molecule has 2 unspecified atom stereocenters. The fourth-order valence-corrected chi connectivity index (χ4v) is 2.90. The Hall–Kier alpha value is -1.52. The van der Waals surface area contributed by atoms with E-state index in [1.165, 1.54) is 0 Å². The number of hydrogen-bond acceptors (Lipinski definition) is 3. The standard InChI is InChI=1S/C16H22N2O2/c1-4-8-18-13-11-5-6-12-10(7-9-17-12)14(11)20-16(2,3)15(13)19/h5-7,9,13,15,17-19H,4,8H2,1-3H3. The maximum atomic E-state index is 10.6. The molecule has 0 saturated heterocycles. The van der Waals surface area contributed by atoms with Crippen LogP contribution in [0.3, 0.4) is 0 Å². The van der Waals surface area contributed by atoms with Gasteiger partial charge in [-0.1, -0.05) is 13.0 Å². The Kier molecular flexibility index (Phi) is 3.22. The highest BCUT2D eigenvalue weighted by atomic mass is 16.5. The molecule has 2 aromatic rings. The van der Waals surface area contributed by atoms with E-state index < -0.39 is 11.7 Å². The fourth-order valence-electron chi connectivity index (χ4n) is 2.90. The van der Waals surface area contributed by atoms with Gasteiger partial charge in [0.15, 0.2) is 0 Å². The van der Waals surface area contributed by atoms with E-state index in [1.807, 2.05) is 38.2 Å². The summed E-state index contributed by atoms with van der Waals surface area (Å²) < 4.78 is 6.10. The molecule has 2 atom stereocenters. The van der Waals surface area contributed by atoms with Gasteiger partial charge in [0.2, 0.25) is 0 Å². The van der Waals surface area contributed by atoms with Crippen LogP contribution in [0.15, 0.2) is 24.4 Å². The Labute approximate surface area is 119 Å². The molecule has 0 radical (unpaired) electrons. The van der Waals surface area contributed by atoms with Gasteiger partial charge in [0.25, 0.3) is 0 Å². The second kappa shape index (κ2) is 4.79. The second-order valence-corrected chi connectivity index (χ2v) is 6.00. The number of aliphatic hydroxyl groups is 1. The largest absolute Gasteiger partial charge is 0.484 e. The van der Waals surface area contributed by atoms with Gasteiger partial charge in [0.05, 0.1) is 6.04 Å². The van der Waals surface area contributed by atoms with Crippen LogP contribution in [0, 0.1) is 0 Å². The lowest BCUT2D eigenvalue weighted by atomic mass is 9.86. The van der Waals surface area contributed by atoms with Crippen LogP contribution in [0.1, 0.15) is 38.8 Å². The maximum Gasteiger partial charge on any atom is 0.134 e. The Balaban J connectivity index is 2.12. The highest BCUT2D eigenvalue weighted by Crippen LogP contribution is 2.43. The number of aromatic amines is 1. The summed E-state index contributed by atoms with van der Waals surface area (Å²) in [6.45, 7) is 6.88. The van der Waals surface area contributed by atoms with Crippen molar-refractivity contribution < 1.29 is 9.84 Å². The van der Waals surface area contributed by atoms with Crippen molar-refractivity contribution in [2.75, 3.05) is 6.54 Å². The average Bonchev–Trinajstić information content (AvgIpc) is 2.88. The van der Waals surface area contributed by atoms with Crippen molar-refractivity contribution in [3.63, 3.8) is 0 Å². The van der Waals surface area contributed by atoms with Gasteiger partial charge in [-0.2, -0.15) is 0 Å². The van der Waals surface area contributed by atoms with E-state index in [2.05, 4.69) is 17.2 Å². The maximum absolute atomic E-state index is 10.6. The van der Waals surface area contributed by atoms with E-state index in [4.69, 9.17) is 4.74 Å². The topological polar surface area (TPSA) is 57.3 Å². The van der Waals surface area contributed by atoms with Gasteiger partial charge in [0, 0.05) is 22.7 Å². The van der Waals surface area contributed by atoms with Crippen molar-refractivity contribution in [1.29, 1.82) is 0 Å². The molecule has 3 N–H and O–H groups in total. The molecule has 4 nitrogen and oxygen atoms in total. The Bertz CT molecular complexity index is 618. The number of hydrogen-bond donors (Lipinski definition) is 3. The first-order chi connectivity index (χ1) is 9.54. The average molecular weight is 274 g/mol. The SMILES string of the molecule is CCCNC1c2ccc3[nH]ccc3c2OC(C)(C)C1O. The summed E-state index contributed by atoms with van der Waals surface area (Å²) in [5.74, 6) is 0.882. The monoisotopic (exact) mass is 274 g/mol. The summed E-state index contributed by atoms with van der Waals surface area (Å²) in [7, 11) is 0. The normalized spacial score (nSPS) is 24.4. The summed E-state index contributed by atoms with van der Waals surface area (Å²) in [6.07, 6.45) is 2.38. The van der Waals surface area contributed by atoms with Crippen molar-refractivity contribution in [2.24, 2.45) is 0 Å². The molecule has 1 aliphatic rings. The smallest absolute Gasteiger partial charge is 0.134 e. The molecule has 1 aromatic carbocycles. The number of ether oxygens (including phenoxy) is 1. The van der Waals surface area contributed by atoms with Crippen LogP contribution in [-0.2, 0) is 0 Å². The summed E-state index contributed by atoms with van der Waals surface area (Å²) in [5.41, 5.74) is 1.49. The Morgan fingerprint density at radius 2 is 2.15 bits per heavy atom. The zero-order valence-corrected chi connectivity index (χ0v) is 12.2. The minimum absolute atomic E-state index is 0.0898. The first-order valence-electron chi connectivity index (χ1n) is 7.25. The molecule has 0 aliphatic carbocycles. The molecule has 1 aliphatic heterocycles. The third-order valence-corrected chi connectivity index (χ3v) is 4.06. The molecule has 2 heterocycles. The zero-order chi connectivity index (χ0) is 14.3. The summed E-state index contributed by atoms with van der Waals surface area (Å²) in [6, 6.07) is 6.02. The lowest BCUT2D eigenvalue weighted by molar-refractivity contribution is -0.0634. The van der Waals surface area contributed by atoms with Gasteiger partial charge < -0.3 is 20.1 Å². The fraction of sp³-hybridized carbons (Fsp3) is 0.500. The van der Waals surface area contributed by atoms with Crippen LogP contribution in [0.25, 0.3) is 10.9 Å². The second-order valence-electron chi connectivity index (χ2n) is 6.00. The van der Waals surface area contributed by atoms with Crippen molar-refractivity contribution >= 4 is 10.9 Å². The lowest BCUT2D eigenvalue weighted by Crippen LogP contribution is -2.52. The molecular formula is C16H22N2O2. The van der Waals surface area contributed by atoms with Gasteiger partial charge in [0.1, 0.15) is 17.5 Å². The number of benzene rings is 1. The Morgan fingerprint density at radius 1 is 1.35 bits per heavy atom. The van der Waals surface area contributed by atoms with Crippen molar-refractivity contribution in [2.45, 2.75) is 44.9 Å². The Morgan fingerprint density at radius 3 is 2.90 bits per heavy atom. The van der Waals surface area contributed by atoms with E-state index >= 15 is 0 Å². The molecule has 1 aromatic heterocycles. The highest BCUT2D eigenvalue weighted by Gasteiger charge is 2.43. The number of rotatable bonds is 3. The van der Waals surface area contributed by atoms with Gasteiger partial charge in [-0.05, 0) is 38.9 Å². The number of aliphatic hydroxyl groups excluding tert-OH is 1. The van der Waals surface area contributed by atoms with E-state index in [-0.39, 0.29) is 6.04 Å². The number of nitrogens with one attached hydrogen (secondary N) is 2. The van der Waals surface area contributed by atoms with Gasteiger partial charge in [-0.15, -0.1) is 0 Å². The lowest BCUT2D eigenvalue weighted by Gasteiger charge is -2.42. The van der Waals surface area contributed by atoms with Gasteiger partial charge in [-0.3, -0.25) is 0 Å². The predicted octanol–water partition coefficient (Wildman–Crippen LogP) is 2.74. The van der Waals surface area contributed by atoms with Crippen molar-refractivity contribution in [3.8, 4) is 5.75 Å². The van der Waals surface area contributed by atoms with Crippen LogP contribution >= 0.6 is 0 Å². The van der Waals surface area contributed by atoms with Crippen LogP contribution < -0.4 is 10.1 Å². The predicted molar refractivity (Wildman–Crippen MR) is 80.0 cm³/mol. The number of H-pyrrole nitrogens is 1. The minimum Gasteiger partial charge on any atom is -0.484 e. The molecule has 108 valence electrons. The first kappa shape index (κ1) is 13.5. The minimum atomic E-state index is -0.607. The molecule has 0 spiro atoms. The molecule has 0 bridgehead atoms. The van der Waals surface area contributed by atoms with Crippen molar-refractivity contribution in [1.82, 2.24) is 10.3 Å². The third-order valence-electron chi connectivity index (χ3n) is 4.06. The summed E-state index contributed by atoms with van der Waals surface area (Å²) in [4.78, 5) is 3.20. The molecular weight excluding hydrogens is 252 g/mol. The first-order valence-corrected chi connectivity index (χ1v) is 7.25. The number of fused-ring (bicyclic) bond motifs is 3. The molecule has 3 rings (SSSR count). The highest BCUT2D eigenvalue weighted by molar-refractivity contribution is 5.87. The van der Waals surface area contributed by atoms with Crippen LogP contribution in [0.5, 0.6) is 5.75 Å². The van der Waals surface area contributed by atoms with Gasteiger partial charge in [-0.25, -0.2) is 0 Å². The molecule has 20 heavy (non-hydrogen) atoms. The van der Waals surface area contributed by atoms with Gasteiger partial charge >= 0.3 is 0 Å². The van der Waals surface area contributed by atoms with Crippen LogP contribution in [0.4, 0.5) is 0 Å². The third kappa shape index (κ3) is 2.00. The van der Waals surface area contributed by atoms with Crippen LogP contribution in [-0.4, -0.2) is 28.3 Å². The number of aromatic nitrogens is 1. The zero-order valence-electron chi connectivity index (χ0n) is 12.2. The van der Waals surface area contributed by atoms with Crippen LogP contribution in [0.2, 0.25) is 0 Å². The van der Waals surface area contributed by atoms with Crippen molar-refractivity contribution in [3.05, 3.63) is 30.0 Å². The summed E-state index contributed by atoms with van der Waals surface area (Å²) in [5, 5.41) is 15.1. The summed E-state index contributed by atoms with van der Waals surface area (Å²) >= 11 is 0. The quantitative estimate of drug-likeness (QED) is 0.806. The molecule has 4 heteroatoms. The van der Waals surface area contributed by atoms with E-state index in [1.54, 1.807) is 0 Å². The molecule has 0 saturated carbocycles. The van der Waals surface area contributed by atoms with E-state index in [0.717, 1.165) is 35.2 Å². The molecule has 0 fully saturated rings. The van der Waals surface area contributed by atoms with E-state index in [0.29, 0.717) is 0 Å². The van der Waals surface area contributed by atoms with E-state index in [9.17, 15) is 5.11 Å². The molecule has 0 amide bonds.